The van der Waals surface area contributed by atoms with Crippen molar-refractivity contribution in [3.63, 3.8) is 0 Å². The van der Waals surface area contributed by atoms with Crippen molar-refractivity contribution in [2.24, 2.45) is 0 Å². The third kappa shape index (κ3) is 3.76. The summed E-state index contributed by atoms with van der Waals surface area (Å²) in [7, 11) is 0. The van der Waals surface area contributed by atoms with Crippen molar-refractivity contribution in [2.45, 2.75) is 32.4 Å². The normalized spacial score (nSPS) is 12.3. The third-order valence-corrected chi connectivity index (χ3v) is 2.56. The van der Waals surface area contributed by atoms with Gasteiger partial charge in [0.2, 0.25) is 5.91 Å². The average molecular weight is 265 g/mol. The van der Waals surface area contributed by atoms with E-state index in [0.717, 1.165) is 0 Å². The quantitative estimate of drug-likeness (QED) is 0.640. The Kier molecular flexibility index (Phi) is 4.06. The molecule has 1 atom stereocenters. The molecule has 2 aromatic rings. The monoisotopic (exact) mass is 265 g/mol. The van der Waals surface area contributed by atoms with E-state index in [4.69, 9.17) is 0 Å². The fourth-order valence-corrected chi connectivity index (χ4v) is 1.62. The highest BCUT2D eigenvalue weighted by Gasteiger charge is 2.12. The topological polar surface area (TPSA) is 121 Å². The average Bonchev–Trinajstić information content (AvgIpc) is 3.00. The Labute approximate surface area is 108 Å². The molecule has 3 N–H and O–H groups in total. The van der Waals surface area contributed by atoms with E-state index < -0.39 is 0 Å². The van der Waals surface area contributed by atoms with Gasteiger partial charge in [-0.1, -0.05) is 0 Å². The van der Waals surface area contributed by atoms with E-state index in [-0.39, 0.29) is 17.6 Å². The maximum Gasteiger partial charge on any atom is 0.340 e. The Bertz CT molecular complexity index is 571. The van der Waals surface area contributed by atoms with Crippen LogP contribution in [-0.2, 0) is 11.3 Å². The highest BCUT2D eigenvalue weighted by atomic mass is 16.2. The van der Waals surface area contributed by atoms with Crippen molar-refractivity contribution in [3.8, 4) is 0 Å². The highest BCUT2D eigenvalue weighted by Crippen LogP contribution is 2.04. The zero-order valence-corrected chi connectivity index (χ0v) is 10.5. The predicted octanol–water partition coefficient (Wildman–Crippen LogP) is -0.653. The molecule has 9 nitrogen and oxygen atoms in total. The summed E-state index contributed by atoms with van der Waals surface area (Å²) >= 11 is 0. The molecule has 0 unspecified atom stereocenters. The molecule has 9 heteroatoms. The fraction of sp³-hybridized carbons (Fsp3) is 0.500. The number of carbonyl (C=O) groups excluding carboxylic acids is 1. The minimum absolute atomic E-state index is 0.100. The van der Waals surface area contributed by atoms with Crippen molar-refractivity contribution in [1.29, 1.82) is 0 Å². The first-order valence-electron chi connectivity index (χ1n) is 5.91. The second-order valence-corrected chi connectivity index (χ2v) is 4.11. The largest absolute Gasteiger partial charge is 0.346 e. The van der Waals surface area contributed by atoms with E-state index in [1.165, 1.54) is 6.33 Å². The molecule has 1 amide bonds. The molecule has 0 radical (unpaired) electrons. The first-order chi connectivity index (χ1) is 9.15. The van der Waals surface area contributed by atoms with E-state index in [1.807, 2.05) is 0 Å². The Balaban J connectivity index is 1.73. The van der Waals surface area contributed by atoms with E-state index >= 15 is 0 Å². The maximum atomic E-state index is 11.7. The second kappa shape index (κ2) is 5.94. The standard InChI is InChI=1S/C10H15N7O2/c1-7(9-14-10(19)16-15-9)13-8(18)3-2-4-17-6-11-5-12-17/h5-7H,2-4H2,1H3,(H,13,18)(H2,14,15,16,19)/t7-/m0/s1. The summed E-state index contributed by atoms with van der Waals surface area (Å²) in [6.07, 6.45) is 4.10. The van der Waals surface area contributed by atoms with Gasteiger partial charge in [-0.3, -0.25) is 14.5 Å². The fourth-order valence-electron chi connectivity index (χ4n) is 1.62. The van der Waals surface area contributed by atoms with Crippen LogP contribution in [-0.4, -0.2) is 35.9 Å². The Morgan fingerprint density at radius 2 is 2.42 bits per heavy atom. The Morgan fingerprint density at radius 3 is 3.05 bits per heavy atom. The number of hydrogen-bond acceptors (Lipinski definition) is 5. The molecule has 0 bridgehead atoms. The lowest BCUT2D eigenvalue weighted by Gasteiger charge is -2.10. The Hall–Kier alpha value is -2.45. The number of hydrogen-bond donors (Lipinski definition) is 3. The molecule has 2 heterocycles. The molecule has 102 valence electrons. The van der Waals surface area contributed by atoms with Gasteiger partial charge in [-0.25, -0.2) is 14.9 Å². The number of aromatic nitrogens is 6. The molecular formula is C10H15N7O2. The van der Waals surface area contributed by atoms with Gasteiger partial charge in [0.05, 0.1) is 6.04 Å². The van der Waals surface area contributed by atoms with E-state index in [1.54, 1.807) is 17.9 Å². The van der Waals surface area contributed by atoms with Crippen molar-refractivity contribution in [1.82, 2.24) is 35.3 Å². The van der Waals surface area contributed by atoms with Gasteiger partial charge < -0.3 is 5.32 Å². The van der Waals surface area contributed by atoms with Crippen molar-refractivity contribution < 1.29 is 4.79 Å². The van der Waals surface area contributed by atoms with Gasteiger partial charge in [0.1, 0.15) is 12.7 Å². The summed E-state index contributed by atoms with van der Waals surface area (Å²) in [5.74, 6) is 0.311. The summed E-state index contributed by atoms with van der Waals surface area (Å²) in [6.45, 7) is 2.39. The minimum atomic E-state index is -0.387. The SMILES string of the molecule is C[C@H](NC(=O)CCCn1cncn1)c1n[nH]c(=O)[nH]1. The lowest BCUT2D eigenvalue weighted by atomic mass is 10.2. The van der Waals surface area contributed by atoms with Crippen LogP contribution in [0.4, 0.5) is 0 Å². The van der Waals surface area contributed by atoms with Gasteiger partial charge in [0.15, 0.2) is 5.82 Å². The number of nitrogens with zero attached hydrogens (tertiary/aromatic N) is 4. The van der Waals surface area contributed by atoms with E-state index in [9.17, 15) is 9.59 Å². The number of nitrogens with one attached hydrogen (secondary N) is 3. The van der Waals surface area contributed by atoms with Crippen molar-refractivity contribution in [3.05, 3.63) is 29.0 Å². The maximum absolute atomic E-state index is 11.7. The molecule has 0 aliphatic heterocycles. The van der Waals surface area contributed by atoms with Gasteiger partial charge in [0, 0.05) is 13.0 Å². The van der Waals surface area contributed by atoms with E-state index in [2.05, 4.69) is 30.6 Å². The van der Waals surface area contributed by atoms with Gasteiger partial charge in [0.25, 0.3) is 0 Å². The smallest absolute Gasteiger partial charge is 0.340 e. The van der Waals surface area contributed by atoms with Gasteiger partial charge in [-0.05, 0) is 13.3 Å². The summed E-state index contributed by atoms with van der Waals surface area (Å²) in [5.41, 5.74) is -0.387. The number of aromatic amines is 2. The summed E-state index contributed by atoms with van der Waals surface area (Å²) in [4.78, 5) is 28.9. The molecule has 0 fully saturated rings. The number of H-pyrrole nitrogens is 2. The van der Waals surface area contributed by atoms with Gasteiger partial charge in [-0.2, -0.15) is 10.2 Å². The molecule has 0 saturated heterocycles. The first kappa shape index (κ1) is 13.0. The molecule has 0 spiro atoms. The minimum Gasteiger partial charge on any atom is -0.346 e. The van der Waals surface area contributed by atoms with Crippen LogP contribution in [0.2, 0.25) is 0 Å². The first-order valence-corrected chi connectivity index (χ1v) is 5.91. The molecule has 0 saturated carbocycles. The second-order valence-electron chi connectivity index (χ2n) is 4.11. The Morgan fingerprint density at radius 1 is 1.58 bits per heavy atom. The zero-order chi connectivity index (χ0) is 13.7. The predicted molar refractivity (Wildman–Crippen MR) is 65.0 cm³/mol. The van der Waals surface area contributed by atoms with Crippen LogP contribution in [0, 0.1) is 0 Å². The molecule has 19 heavy (non-hydrogen) atoms. The molecule has 0 aliphatic carbocycles. The summed E-state index contributed by atoms with van der Waals surface area (Å²) in [5, 5.41) is 12.7. The van der Waals surface area contributed by atoms with E-state index in [0.29, 0.717) is 25.2 Å². The molecular weight excluding hydrogens is 250 g/mol. The zero-order valence-electron chi connectivity index (χ0n) is 10.5. The van der Waals surface area contributed by atoms with Gasteiger partial charge in [-0.15, -0.1) is 0 Å². The van der Waals surface area contributed by atoms with Crippen LogP contribution < -0.4 is 11.0 Å². The lowest BCUT2D eigenvalue weighted by Crippen LogP contribution is -2.27. The summed E-state index contributed by atoms with van der Waals surface area (Å²) < 4.78 is 1.67. The number of aryl methyl sites for hydroxylation is 1. The highest BCUT2D eigenvalue weighted by molar-refractivity contribution is 5.76. The third-order valence-electron chi connectivity index (χ3n) is 2.56. The molecule has 2 rings (SSSR count). The van der Waals surface area contributed by atoms with Gasteiger partial charge >= 0.3 is 5.69 Å². The lowest BCUT2D eigenvalue weighted by molar-refractivity contribution is -0.121. The van der Waals surface area contributed by atoms with Crippen LogP contribution in [0.15, 0.2) is 17.4 Å². The van der Waals surface area contributed by atoms with Crippen LogP contribution in [0.3, 0.4) is 0 Å². The van der Waals surface area contributed by atoms with Crippen LogP contribution in [0.5, 0.6) is 0 Å². The molecule has 2 aromatic heterocycles. The van der Waals surface area contributed by atoms with Crippen molar-refractivity contribution >= 4 is 5.91 Å². The van der Waals surface area contributed by atoms with Crippen LogP contribution in [0.1, 0.15) is 31.6 Å². The van der Waals surface area contributed by atoms with Crippen LogP contribution >= 0.6 is 0 Å². The number of amides is 1. The van der Waals surface area contributed by atoms with Crippen LogP contribution in [0.25, 0.3) is 0 Å². The van der Waals surface area contributed by atoms with Crippen molar-refractivity contribution in [2.75, 3.05) is 0 Å². The number of rotatable bonds is 6. The summed E-state index contributed by atoms with van der Waals surface area (Å²) in [6, 6.07) is -0.335. The molecule has 0 aliphatic rings. The number of carbonyl (C=O) groups is 1. The molecule has 0 aromatic carbocycles.